The number of hydrogen-bond donors (Lipinski definition) is 1. The number of aromatic nitrogens is 1. The van der Waals surface area contributed by atoms with E-state index in [1.54, 1.807) is 11.3 Å². The Morgan fingerprint density at radius 3 is 2.10 bits per heavy atom. The minimum atomic E-state index is -0.520. The average molecular weight is 843 g/mol. The fourth-order valence-electron chi connectivity index (χ4n) is 7.18. The number of para-hydroxylation sites is 3. The average Bonchev–Trinajstić information content (AvgIpc) is 3.61. The van der Waals surface area contributed by atoms with Crippen LogP contribution in [-0.4, -0.2) is 10.1 Å². The minimum Gasteiger partial charge on any atom is -0.506 e. The number of thiophene rings is 1. The summed E-state index contributed by atoms with van der Waals surface area (Å²) in [5, 5.41) is 16.5. The van der Waals surface area contributed by atoms with Crippen molar-refractivity contribution in [3.63, 3.8) is 0 Å². The minimum absolute atomic E-state index is 0. The Kier molecular flexibility index (Phi) is 7.93. The van der Waals surface area contributed by atoms with Crippen LogP contribution in [0.1, 0.15) is 72.1 Å². The van der Waals surface area contributed by atoms with E-state index in [9.17, 15) is 5.11 Å². The molecular formula is C43H41N3OPtS. The zero-order valence-electron chi connectivity index (χ0n) is 29.3. The summed E-state index contributed by atoms with van der Waals surface area (Å²) >= 11 is 1.80. The van der Waals surface area contributed by atoms with E-state index in [-0.39, 0.29) is 31.9 Å². The third kappa shape index (κ3) is 5.32. The molecule has 0 unspecified atom stereocenters. The number of pyridine rings is 1. The van der Waals surface area contributed by atoms with Gasteiger partial charge >= 0.3 is 21.1 Å². The first-order valence-electron chi connectivity index (χ1n) is 16.7. The molecule has 4 nitrogen and oxygen atoms in total. The summed E-state index contributed by atoms with van der Waals surface area (Å²) in [6.07, 6.45) is 0. The van der Waals surface area contributed by atoms with Crippen LogP contribution in [0.15, 0.2) is 91.0 Å². The van der Waals surface area contributed by atoms with Crippen LogP contribution >= 0.6 is 11.3 Å². The molecule has 1 N–H and O–H groups in total. The molecule has 3 heterocycles. The van der Waals surface area contributed by atoms with E-state index in [2.05, 4.69) is 169 Å². The first kappa shape index (κ1) is 33.6. The number of benzene rings is 5. The van der Waals surface area contributed by atoms with E-state index in [0.29, 0.717) is 5.75 Å². The number of anilines is 3. The Hall–Kier alpha value is -3.92. The van der Waals surface area contributed by atoms with Crippen LogP contribution in [0.2, 0.25) is 0 Å². The van der Waals surface area contributed by atoms with Gasteiger partial charge in [-0.15, -0.1) is 23.7 Å². The largest absolute Gasteiger partial charge is 2.00 e. The molecule has 5 aromatic carbocycles. The van der Waals surface area contributed by atoms with Gasteiger partial charge < -0.3 is 14.9 Å². The van der Waals surface area contributed by atoms with Crippen LogP contribution in [0.25, 0.3) is 42.0 Å². The zero-order chi connectivity index (χ0) is 33.7. The number of aromatic hydroxyl groups is 1. The van der Waals surface area contributed by atoms with Crippen LogP contribution in [0, 0.1) is 12.7 Å². The first-order valence-corrected chi connectivity index (χ1v) is 17.5. The van der Waals surface area contributed by atoms with Crippen LogP contribution in [0.3, 0.4) is 0 Å². The molecule has 250 valence electrons. The second-order valence-corrected chi connectivity index (χ2v) is 16.7. The molecular weight excluding hydrogens is 802 g/mol. The number of phenolic OH excluding ortho intramolecular Hbond substituents is 1. The molecule has 1 aliphatic rings. The van der Waals surface area contributed by atoms with Gasteiger partial charge in [0.1, 0.15) is 5.75 Å². The molecule has 7 aromatic rings. The quantitative estimate of drug-likeness (QED) is 0.180. The number of fused-ring (bicyclic) bond motifs is 7. The van der Waals surface area contributed by atoms with Gasteiger partial charge in [-0.2, -0.15) is 11.3 Å². The Balaban J connectivity index is 0.00000378. The van der Waals surface area contributed by atoms with Crippen molar-refractivity contribution in [3.8, 4) is 5.75 Å². The zero-order valence-corrected chi connectivity index (χ0v) is 32.3. The van der Waals surface area contributed by atoms with E-state index in [4.69, 9.17) is 4.98 Å². The Morgan fingerprint density at radius 2 is 1.39 bits per heavy atom. The van der Waals surface area contributed by atoms with Crippen LogP contribution in [-0.2, 0) is 37.4 Å². The number of phenols is 1. The smallest absolute Gasteiger partial charge is 0.506 e. The van der Waals surface area contributed by atoms with Gasteiger partial charge in [0.2, 0.25) is 0 Å². The summed E-state index contributed by atoms with van der Waals surface area (Å²) in [5.41, 5.74) is 7.31. The van der Waals surface area contributed by atoms with Crippen molar-refractivity contribution in [1.82, 2.24) is 4.98 Å². The summed E-state index contributed by atoms with van der Waals surface area (Å²) in [4.78, 5) is 9.69. The first-order chi connectivity index (χ1) is 22.7. The second-order valence-electron chi connectivity index (χ2n) is 15.7. The predicted molar refractivity (Wildman–Crippen MR) is 205 cm³/mol. The van der Waals surface area contributed by atoms with Crippen molar-refractivity contribution in [3.05, 3.63) is 120 Å². The fraction of sp³-hybridized carbons (Fsp3) is 0.256. The second kappa shape index (κ2) is 11.6. The van der Waals surface area contributed by atoms with Gasteiger partial charge in [0.25, 0.3) is 0 Å². The van der Waals surface area contributed by atoms with Gasteiger partial charge in [-0.05, 0) is 70.7 Å². The molecule has 49 heavy (non-hydrogen) atoms. The topological polar surface area (TPSA) is 39.6 Å². The van der Waals surface area contributed by atoms with Crippen molar-refractivity contribution in [2.75, 3.05) is 9.80 Å². The van der Waals surface area contributed by atoms with E-state index >= 15 is 0 Å². The van der Waals surface area contributed by atoms with E-state index in [0.717, 1.165) is 50.0 Å². The maximum Gasteiger partial charge on any atom is 2.00 e. The Morgan fingerprint density at radius 1 is 0.735 bits per heavy atom. The molecule has 0 saturated heterocycles. The molecule has 0 spiro atoms. The van der Waals surface area contributed by atoms with Gasteiger partial charge in [0, 0.05) is 32.7 Å². The molecule has 2 aromatic heterocycles. The molecule has 6 heteroatoms. The van der Waals surface area contributed by atoms with E-state index in [1.807, 2.05) is 0 Å². The van der Waals surface area contributed by atoms with Gasteiger partial charge in [0.05, 0.1) is 11.2 Å². The Bertz CT molecular complexity index is 2410. The van der Waals surface area contributed by atoms with Crippen LogP contribution in [0.5, 0.6) is 5.75 Å². The van der Waals surface area contributed by atoms with Gasteiger partial charge in [-0.1, -0.05) is 113 Å². The maximum atomic E-state index is 11.9. The summed E-state index contributed by atoms with van der Waals surface area (Å²) < 4.78 is 2.39. The number of hydrogen-bond acceptors (Lipinski definition) is 5. The molecule has 0 atom stereocenters. The molecule has 1 aliphatic heterocycles. The van der Waals surface area contributed by atoms with E-state index < -0.39 is 5.54 Å². The van der Waals surface area contributed by atoms with Crippen molar-refractivity contribution in [1.29, 1.82) is 0 Å². The third-order valence-electron chi connectivity index (χ3n) is 9.93. The Labute approximate surface area is 307 Å². The molecule has 8 rings (SSSR count). The van der Waals surface area contributed by atoms with Crippen LogP contribution < -0.4 is 9.80 Å². The van der Waals surface area contributed by atoms with Gasteiger partial charge in [-0.25, -0.2) is 0 Å². The molecule has 0 saturated carbocycles. The van der Waals surface area contributed by atoms with Crippen molar-refractivity contribution in [2.45, 2.75) is 71.8 Å². The van der Waals surface area contributed by atoms with E-state index in [1.165, 1.54) is 25.7 Å². The normalized spacial score (nSPS) is 13.9. The summed E-state index contributed by atoms with van der Waals surface area (Å²) in [5.74, 6) is 0.322. The molecule has 0 aliphatic carbocycles. The van der Waals surface area contributed by atoms with Crippen LogP contribution in [0.4, 0.5) is 17.1 Å². The molecule has 0 bridgehead atoms. The SMILES string of the molecule is CC(C)(C)c1cc(N2[CH-]N(C(C)(C)c3[c-]c4c5nc6ccccc6cc5sc4c4ccccc34)c3ccccc32)c(O)c(C(C)(C)C)c1.[Pt+2]. The van der Waals surface area contributed by atoms with Crippen molar-refractivity contribution < 1.29 is 26.2 Å². The number of nitrogens with zero attached hydrogens (tertiary/aromatic N) is 3. The molecule has 0 amide bonds. The monoisotopic (exact) mass is 842 g/mol. The number of rotatable bonds is 3. The standard InChI is InChI=1S/C43H41N3OS.Pt/c1-41(2,3)27-22-32(42(4,5)6)39(47)36(23-27)45-25-46(35-20-14-13-19-34(35)45)43(7,8)31-24-30-38-37(21-26-15-9-12-18-33(26)44-38)48-40(30)29-17-11-10-16-28(29)31;/h9-23,25,47H,1-8H3;/q-2;+2. The summed E-state index contributed by atoms with van der Waals surface area (Å²) in [7, 11) is 0. The van der Waals surface area contributed by atoms with Gasteiger partial charge in [0.15, 0.2) is 0 Å². The van der Waals surface area contributed by atoms with Crippen molar-refractivity contribution >= 4 is 70.4 Å². The predicted octanol–water partition coefficient (Wildman–Crippen LogP) is 11.9. The molecule has 0 radical (unpaired) electrons. The molecule has 0 fully saturated rings. The third-order valence-corrected chi connectivity index (χ3v) is 11.1. The summed E-state index contributed by atoms with van der Waals surface area (Å²) in [6, 6.07) is 36.1. The van der Waals surface area contributed by atoms with Gasteiger partial charge in [-0.3, -0.25) is 4.98 Å². The maximum absolute atomic E-state index is 11.9. The van der Waals surface area contributed by atoms with Crippen molar-refractivity contribution in [2.24, 2.45) is 0 Å². The summed E-state index contributed by atoms with van der Waals surface area (Å²) in [6.45, 7) is 19.9. The fourth-order valence-corrected chi connectivity index (χ4v) is 8.37.